The van der Waals surface area contributed by atoms with Crippen molar-refractivity contribution in [3.63, 3.8) is 0 Å². The molecule has 2 aromatic rings. The lowest BCUT2D eigenvalue weighted by Gasteiger charge is -2.36. The largest absolute Gasteiger partial charge is 0.360 e. The highest BCUT2D eigenvalue weighted by molar-refractivity contribution is 7.92. The monoisotopic (exact) mass is 404 g/mol. The lowest BCUT2D eigenvalue weighted by Crippen LogP contribution is -2.53. The third kappa shape index (κ3) is 5.06. The molecule has 1 aliphatic rings. The molecule has 0 spiro atoms. The number of hydrogen-bond donors (Lipinski definition) is 1. The summed E-state index contributed by atoms with van der Waals surface area (Å²) in [6.45, 7) is 5.17. The van der Waals surface area contributed by atoms with E-state index in [-0.39, 0.29) is 5.91 Å². The van der Waals surface area contributed by atoms with Crippen LogP contribution in [-0.2, 0) is 14.8 Å². The third-order valence-corrected chi connectivity index (χ3v) is 6.24. The first-order valence-corrected chi connectivity index (χ1v) is 10.6. The quantitative estimate of drug-likeness (QED) is 0.790. The van der Waals surface area contributed by atoms with Crippen LogP contribution < -0.4 is 5.32 Å². The van der Waals surface area contributed by atoms with Gasteiger partial charge in [0, 0.05) is 37.7 Å². The highest BCUT2D eigenvalue weighted by Gasteiger charge is 2.30. The van der Waals surface area contributed by atoms with Crippen molar-refractivity contribution in [2.75, 3.05) is 31.5 Å². The van der Waals surface area contributed by atoms with Crippen LogP contribution in [0.15, 0.2) is 46.3 Å². The summed E-state index contributed by atoms with van der Waals surface area (Å²) in [5, 5.41) is 7.70. The van der Waals surface area contributed by atoms with Gasteiger partial charge in [0.05, 0.1) is 6.04 Å². The van der Waals surface area contributed by atoms with Crippen LogP contribution >= 0.6 is 0 Å². The molecule has 0 aliphatic carbocycles. The standard InChI is InChI=1S/C19H24N4O4S/c1-15-14-18(21-27-15)20-19(24)16(2)22-9-11-23(12-10-22)28(25,26)13-8-17-6-4-3-5-7-17/h3-8,13-14,16H,9-12H2,1-2H3,(H,20,21,24)/b13-8+/t16-/m1/s1. The number of anilines is 1. The van der Waals surface area contributed by atoms with Gasteiger partial charge in [0.25, 0.3) is 0 Å². The Morgan fingerprint density at radius 3 is 2.50 bits per heavy atom. The number of nitrogens with one attached hydrogen (secondary N) is 1. The van der Waals surface area contributed by atoms with Gasteiger partial charge < -0.3 is 9.84 Å². The first kappa shape index (κ1) is 20.2. The Morgan fingerprint density at radius 1 is 1.21 bits per heavy atom. The van der Waals surface area contributed by atoms with Crippen LogP contribution in [0.1, 0.15) is 18.2 Å². The van der Waals surface area contributed by atoms with Crippen molar-refractivity contribution in [2.45, 2.75) is 19.9 Å². The Morgan fingerprint density at radius 2 is 1.89 bits per heavy atom. The minimum atomic E-state index is -3.49. The first-order chi connectivity index (χ1) is 13.3. The molecule has 0 unspecified atom stereocenters. The van der Waals surface area contributed by atoms with E-state index < -0.39 is 16.1 Å². The van der Waals surface area contributed by atoms with Gasteiger partial charge in [0.15, 0.2) is 5.82 Å². The van der Waals surface area contributed by atoms with Crippen LogP contribution in [0.4, 0.5) is 5.82 Å². The zero-order chi connectivity index (χ0) is 20.1. The second-order valence-electron chi connectivity index (χ2n) is 6.68. The fraction of sp³-hybridized carbons (Fsp3) is 0.368. The Kier molecular flexibility index (Phi) is 6.28. The van der Waals surface area contributed by atoms with Crippen molar-refractivity contribution in [2.24, 2.45) is 0 Å². The summed E-state index contributed by atoms with van der Waals surface area (Å²) in [4.78, 5) is 14.3. The van der Waals surface area contributed by atoms with Gasteiger partial charge in [-0.25, -0.2) is 8.42 Å². The summed E-state index contributed by atoms with van der Waals surface area (Å²) in [6, 6.07) is 10.5. The van der Waals surface area contributed by atoms with Crippen molar-refractivity contribution >= 4 is 27.8 Å². The summed E-state index contributed by atoms with van der Waals surface area (Å²) in [5.41, 5.74) is 0.832. The minimum Gasteiger partial charge on any atom is -0.360 e. The summed E-state index contributed by atoms with van der Waals surface area (Å²) >= 11 is 0. The number of sulfonamides is 1. The highest BCUT2D eigenvalue weighted by atomic mass is 32.2. The van der Waals surface area contributed by atoms with E-state index in [2.05, 4.69) is 10.5 Å². The fourth-order valence-electron chi connectivity index (χ4n) is 2.98. The van der Waals surface area contributed by atoms with Gasteiger partial charge in [-0.3, -0.25) is 9.69 Å². The molecule has 1 aromatic heterocycles. The first-order valence-electron chi connectivity index (χ1n) is 9.07. The van der Waals surface area contributed by atoms with E-state index in [1.807, 2.05) is 35.2 Å². The van der Waals surface area contributed by atoms with E-state index in [0.29, 0.717) is 37.8 Å². The van der Waals surface area contributed by atoms with Crippen molar-refractivity contribution in [3.05, 3.63) is 53.1 Å². The molecule has 3 rings (SSSR count). The summed E-state index contributed by atoms with van der Waals surface area (Å²) in [7, 11) is -3.49. The average molecular weight is 404 g/mol. The molecule has 2 heterocycles. The summed E-state index contributed by atoms with van der Waals surface area (Å²) in [5.74, 6) is 0.792. The number of rotatable bonds is 6. The maximum absolute atomic E-state index is 12.5. The van der Waals surface area contributed by atoms with Gasteiger partial charge in [-0.05, 0) is 25.5 Å². The molecule has 0 bridgehead atoms. The Bertz CT molecular complexity index is 932. The van der Waals surface area contributed by atoms with Crippen molar-refractivity contribution in [1.82, 2.24) is 14.4 Å². The van der Waals surface area contributed by atoms with E-state index in [0.717, 1.165) is 5.56 Å². The van der Waals surface area contributed by atoms with Crippen LogP contribution in [0.5, 0.6) is 0 Å². The van der Waals surface area contributed by atoms with Crippen LogP contribution in [-0.4, -0.2) is 60.9 Å². The van der Waals surface area contributed by atoms with Crippen LogP contribution in [0.2, 0.25) is 0 Å². The number of hydrogen-bond acceptors (Lipinski definition) is 6. The molecule has 1 aliphatic heterocycles. The Balaban J connectivity index is 1.54. The zero-order valence-electron chi connectivity index (χ0n) is 15.9. The van der Waals surface area contributed by atoms with Gasteiger partial charge in [-0.15, -0.1) is 0 Å². The molecule has 28 heavy (non-hydrogen) atoms. The second-order valence-corrected chi connectivity index (χ2v) is 8.50. The van der Waals surface area contributed by atoms with Gasteiger partial charge in [-0.2, -0.15) is 4.31 Å². The molecule has 8 nitrogen and oxygen atoms in total. The molecule has 0 saturated carbocycles. The molecule has 1 atom stereocenters. The Hall–Kier alpha value is -2.49. The number of piperazine rings is 1. The molecule has 1 fully saturated rings. The molecule has 150 valence electrons. The van der Waals surface area contributed by atoms with E-state index in [4.69, 9.17) is 4.52 Å². The van der Waals surface area contributed by atoms with Crippen molar-refractivity contribution in [3.8, 4) is 0 Å². The summed E-state index contributed by atoms with van der Waals surface area (Å²) < 4.78 is 31.4. The predicted octanol–water partition coefficient (Wildman–Crippen LogP) is 1.93. The molecular weight excluding hydrogens is 380 g/mol. The van der Waals surface area contributed by atoms with Crippen LogP contribution in [0.25, 0.3) is 6.08 Å². The number of carbonyl (C=O) groups excluding carboxylic acids is 1. The van der Waals surface area contributed by atoms with Crippen molar-refractivity contribution < 1.29 is 17.7 Å². The highest BCUT2D eigenvalue weighted by Crippen LogP contribution is 2.15. The number of carbonyl (C=O) groups is 1. The van der Waals surface area contributed by atoms with Crippen LogP contribution in [0.3, 0.4) is 0 Å². The van der Waals surface area contributed by atoms with E-state index in [9.17, 15) is 13.2 Å². The van der Waals surface area contributed by atoms with E-state index in [1.54, 1.807) is 26.0 Å². The number of benzene rings is 1. The van der Waals surface area contributed by atoms with Crippen molar-refractivity contribution in [1.29, 1.82) is 0 Å². The average Bonchev–Trinajstić information content (AvgIpc) is 3.11. The minimum absolute atomic E-state index is 0.200. The molecular formula is C19H24N4O4S. The second kappa shape index (κ2) is 8.68. The van der Waals surface area contributed by atoms with Gasteiger partial charge in [-0.1, -0.05) is 35.5 Å². The van der Waals surface area contributed by atoms with Gasteiger partial charge >= 0.3 is 0 Å². The number of aryl methyl sites for hydroxylation is 1. The molecule has 1 saturated heterocycles. The number of amides is 1. The number of nitrogens with zero attached hydrogens (tertiary/aromatic N) is 3. The maximum Gasteiger partial charge on any atom is 0.242 e. The smallest absolute Gasteiger partial charge is 0.242 e. The maximum atomic E-state index is 12.5. The third-order valence-electron chi connectivity index (χ3n) is 4.67. The normalized spacial score (nSPS) is 17.6. The fourth-order valence-corrected chi connectivity index (χ4v) is 4.16. The SMILES string of the molecule is Cc1cc(NC(=O)[C@@H](C)N2CCN(S(=O)(=O)/C=C/c3ccccc3)CC2)no1. The molecule has 1 amide bonds. The topological polar surface area (TPSA) is 95.8 Å². The molecule has 9 heteroatoms. The molecule has 1 aromatic carbocycles. The zero-order valence-corrected chi connectivity index (χ0v) is 16.7. The van der Waals surface area contributed by atoms with Crippen LogP contribution in [0, 0.1) is 6.92 Å². The lowest BCUT2D eigenvalue weighted by molar-refractivity contribution is -0.121. The number of aromatic nitrogens is 1. The molecule has 1 N–H and O–H groups in total. The lowest BCUT2D eigenvalue weighted by atomic mass is 10.2. The predicted molar refractivity (Wildman–Crippen MR) is 107 cm³/mol. The van der Waals surface area contributed by atoms with Gasteiger partial charge in [0.1, 0.15) is 5.76 Å². The van der Waals surface area contributed by atoms with E-state index >= 15 is 0 Å². The molecule has 0 radical (unpaired) electrons. The summed E-state index contributed by atoms with van der Waals surface area (Å²) in [6.07, 6.45) is 1.59. The Labute approximate surface area is 164 Å². The van der Waals surface area contributed by atoms with E-state index in [1.165, 1.54) is 9.71 Å². The van der Waals surface area contributed by atoms with Gasteiger partial charge in [0.2, 0.25) is 15.9 Å².